The molecule has 0 spiro atoms. The van der Waals surface area contributed by atoms with E-state index in [9.17, 15) is 0 Å². The number of benzene rings is 1. The van der Waals surface area contributed by atoms with Crippen molar-refractivity contribution in [3.05, 3.63) is 29.8 Å². The third-order valence-corrected chi connectivity index (χ3v) is 5.48. The lowest BCUT2D eigenvalue weighted by atomic mass is 9.73. The summed E-state index contributed by atoms with van der Waals surface area (Å²) in [4.78, 5) is 2.56. The molecule has 1 atom stereocenters. The zero-order valence-corrected chi connectivity index (χ0v) is 13.7. The fourth-order valence-corrected chi connectivity index (χ4v) is 4.03. The van der Waals surface area contributed by atoms with Gasteiger partial charge in [-0.25, -0.2) is 0 Å². The minimum absolute atomic E-state index is 0.445. The van der Waals surface area contributed by atoms with E-state index >= 15 is 0 Å². The van der Waals surface area contributed by atoms with Crippen LogP contribution in [0.25, 0.3) is 0 Å². The fourth-order valence-electron chi connectivity index (χ4n) is 4.03. The molecule has 3 rings (SSSR count). The molecule has 2 fully saturated rings. The maximum atomic E-state index is 3.87. The second kappa shape index (κ2) is 6.39. The average molecular weight is 286 g/mol. The first-order valence-electron chi connectivity index (χ1n) is 8.73. The summed E-state index contributed by atoms with van der Waals surface area (Å²) in [5, 5.41) is 3.87. The summed E-state index contributed by atoms with van der Waals surface area (Å²) >= 11 is 0. The Balaban J connectivity index is 1.67. The molecule has 2 heteroatoms. The third kappa shape index (κ3) is 3.42. The van der Waals surface area contributed by atoms with Crippen molar-refractivity contribution in [2.24, 2.45) is 5.41 Å². The molecule has 1 N–H and O–H groups in total. The Kier molecular flexibility index (Phi) is 4.54. The van der Waals surface area contributed by atoms with Crippen LogP contribution in [0.4, 0.5) is 5.69 Å². The van der Waals surface area contributed by atoms with Gasteiger partial charge in [-0.2, -0.15) is 0 Å². The summed E-state index contributed by atoms with van der Waals surface area (Å²) in [5.41, 5.74) is 3.37. The van der Waals surface area contributed by atoms with Gasteiger partial charge < -0.3 is 10.2 Å². The number of rotatable bonds is 4. The maximum Gasteiger partial charge on any atom is 0.0411 e. The predicted octanol–water partition coefficient (Wildman–Crippen LogP) is 4.35. The minimum Gasteiger partial charge on any atom is -0.371 e. The van der Waals surface area contributed by atoms with Crippen molar-refractivity contribution in [2.75, 3.05) is 18.0 Å². The van der Waals surface area contributed by atoms with Crippen LogP contribution in [-0.4, -0.2) is 19.1 Å². The van der Waals surface area contributed by atoms with E-state index in [4.69, 9.17) is 0 Å². The number of hydrogen-bond donors (Lipinski definition) is 1. The molecule has 0 radical (unpaired) electrons. The highest BCUT2D eigenvalue weighted by Gasteiger charge is 2.31. The SMILES string of the molecule is CC1(C)CCCCC1NCc1ccccc1N1CCCC1. The number of anilines is 1. The van der Waals surface area contributed by atoms with Crippen molar-refractivity contribution >= 4 is 5.69 Å². The van der Waals surface area contributed by atoms with Crippen molar-refractivity contribution in [2.45, 2.75) is 65.0 Å². The topological polar surface area (TPSA) is 15.3 Å². The molecule has 1 aliphatic carbocycles. The maximum absolute atomic E-state index is 3.87. The van der Waals surface area contributed by atoms with E-state index < -0.39 is 0 Å². The van der Waals surface area contributed by atoms with Crippen molar-refractivity contribution in [3.63, 3.8) is 0 Å². The van der Waals surface area contributed by atoms with Crippen LogP contribution in [0.2, 0.25) is 0 Å². The molecule has 1 heterocycles. The van der Waals surface area contributed by atoms with Gasteiger partial charge in [0.15, 0.2) is 0 Å². The standard InChI is InChI=1S/C19H30N2/c1-19(2)12-6-5-11-18(19)20-15-16-9-3-4-10-17(16)21-13-7-8-14-21/h3-4,9-10,18,20H,5-8,11-15H2,1-2H3. The molecule has 116 valence electrons. The third-order valence-electron chi connectivity index (χ3n) is 5.48. The summed E-state index contributed by atoms with van der Waals surface area (Å²) in [6.45, 7) is 8.32. The molecule has 2 aliphatic rings. The summed E-state index contributed by atoms with van der Waals surface area (Å²) in [7, 11) is 0. The molecule has 1 aromatic carbocycles. The van der Waals surface area contributed by atoms with Gasteiger partial charge in [-0.1, -0.05) is 44.9 Å². The molecule has 1 aromatic rings. The van der Waals surface area contributed by atoms with Crippen LogP contribution in [0.5, 0.6) is 0 Å². The highest BCUT2D eigenvalue weighted by molar-refractivity contribution is 5.54. The Hall–Kier alpha value is -1.02. The zero-order chi connectivity index (χ0) is 14.7. The molecular formula is C19H30N2. The highest BCUT2D eigenvalue weighted by atomic mass is 15.1. The quantitative estimate of drug-likeness (QED) is 0.885. The van der Waals surface area contributed by atoms with Gasteiger partial charge in [-0.3, -0.25) is 0 Å². The van der Waals surface area contributed by atoms with Gasteiger partial charge in [0.05, 0.1) is 0 Å². The van der Waals surface area contributed by atoms with Crippen molar-refractivity contribution < 1.29 is 0 Å². The number of para-hydroxylation sites is 1. The Bertz CT molecular complexity index is 460. The second-order valence-electron chi connectivity index (χ2n) is 7.49. The van der Waals surface area contributed by atoms with Gasteiger partial charge in [0, 0.05) is 31.4 Å². The predicted molar refractivity (Wildman–Crippen MR) is 90.8 cm³/mol. The van der Waals surface area contributed by atoms with E-state index in [1.165, 1.54) is 62.9 Å². The van der Waals surface area contributed by atoms with Crippen molar-refractivity contribution in [1.29, 1.82) is 0 Å². The molecule has 21 heavy (non-hydrogen) atoms. The van der Waals surface area contributed by atoms with Gasteiger partial charge in [0.2, 0.25) is 0 Å². The van der Waals surface area contributed by atoms with E-state index in [1.807, 2.05) is 0 Å². The van der Waals surface area contributed by atoms with Gasteiger partial charge in [0.1, 0.15) is 0 Å². The first-order valence-corrected chi connectivity index (χ1v) is 8.73. The van der Waals surface area contributed by atoms with Crippen LogP contribution in [0, 0.1) is 5.41 Å². The molecule has 0 aromatic heterocycles. The van der Waals surface area contributed by atoms with Gasteiger partial charge >= 0.3 is 0 Å². The molecule has 1 saturated carbocycles. The second-order valence-corrected chi connectivity index (χ2v) is 7.49. The molecule has 0 amide bonds. The first-order chi connectivity index (χ1) is 10.2. The lowest BCUT2D eigenvalue weighted by Crippen LogP contribution is -2.43. The van der Waals surface area contributed by atoms with Gasteiger partial charge in [-0.05, 0) is 42.7 Å². The van der Waals surface area contributed by atoms with Crippen LogP contribution in [-0.2, 0) is 6.54 Å². The smallest absolute Gasteiger partial charge is 0.0411 e. The number of nitrogens with zero attached hydrogens (tertiary/aromatic N) is 1. The van der Waals surface area contributed by atoms with E-state index in [0.29, 0.717) is 11.5 Å². The van der Waals surface area contributed by atoms with Crippen LogP contribution < -0.4 is 10.2 Å². The zero-order valence-electron chi connectivity index (χ0n) is 13.7. The Morgan fingerprint density at radius 1 is 1.10 bits per heavy atom. The lowest BCUT2D eigenvalue weighted by Gasteiger charge is -2.39. The highest BCUT2D eigenvalue weighted by Crippen LogP contribution is 2.36. The Morgan fingerprint density at radius 2 is 1.86 bits per heavy atom. The molecule has 0 bridgehead atoms. The fraction of sp³-hybridized carbons (Fsp3) is 0.684. The molecular weight excluding hydrogens is 256 g/mol. The van der Waals surface area contributed by atoms with Gasteiger partial charge in [0.25, 0.3) is 0 Å². The van der Waals surface area contributed by atoms with E-state index in [0.717, 1.165) is 6.54 Å². The summed E-state index contributed by atoms with van der Waals surface area (Å²) in [6.07, 6.45) is 8.16. The molecule has 1 unspecified atom stereocenters. The Morgan fingerprint density at radius 3 is 2.62 bits per heavy atom. The average Bonchev–Trinajstić information content (AvgIpc) is 3.00. The largest absolute Gasteiger partial charge is 0.371 e. The molecule has 2 nitrogen and oxygen atoms in total. The van der Waals surface area contributed by atoms with Crippen LogP contribution in [0.1, 0.15) is 57.9 Å². The van der Waals surface area contributed by atoms with Crippen LogP contribution >= 0.6 is 0 Å². The Labute approximate surface area is 129 Å². The monoisotopic (exact) mass is 286 g/mol. The first kappa shape index (κ1) is 14.9. The normalized spacial score (nSPS) is 25.2. The van der Waals surface area contributed by atoms with Gasteiger partial charge in [-0.15, -0.1) is 0 Å². The number of hydrogen-bond acceptors (Lipinski definition) is 2. The van der Waals surface area contributed by atoms with E-state index in [1.54, 1.807) is 0 Å². The molecule has 1 aliphatic heterocycles. The van der Waals surface area contributed by atoms with E-state index in [2.05, 4.69) is 48.3 Å². The number of nitrogens with one attached hydrogen (secondary N) is 1. The summed E-state index contributed by atoms with van der Waals surface area (Å²) in [6, 6.07) is 9.63. The van der Waals surface area contributed by atoms with Crippen LogP contribution in [0.3, 0.4) is 0 Å². The van der Waals surface area contributed by atoms with E-state index in [-0.39, 0.29) is 0 Å². The summed E-state index contributed by atoms with van der Waals surface area (Å²) < 4.78 is 0. The van der Waals surface area contributed by atoms with Crippen molar-refractivity contribution in [1.82, 2.24) is 5.32 Å². The van der Waals surface area contributed by atoms with Crippen LogP contribution in [0.15, 0.2) is 24.3 Å². The summed E-state index contributed by atoms with van der Waals surface area (Å²) in [5.74, 6) is 0. The lowest BCUT2D eigenvalue weighted by molar-refractivity contribution is 0.167. The molecule has 1 saturated heterocycles. The minimum atomic E-state index is 0.445. The van der Waals surface area contributed by atoms with Crippen molar-refractivity contribution in [3.8, 4) is 0 Å².